The summed E-state index contributed by atoms with van der Waals surface area (Å²) in [5.74, 6) is 0. The van der Waals surface area contributed by atoms with E-state index in [2.05, 4.69) is 10.6 Å². The first-order chi connectivity index (χ1) is 16.2. The van der Waals surface area contributed by atoms with Gasteiger partial charge in [0.1, 0.15) is 4.21 Å². The van der Waals surface area contributed by atoms with E-state index in [0.717, 1.165) is 40.9 Å². The number of thiophene rings is 1. The molecule has 2 aromatic carbocycles. The summed E-state index contributed by atoms with van der Waals surface area (Å²) in [6.45, 7) is 0.841. The monoisotopic (exact) mass is 534 g/mol. The standard InChI is InChI=1S/C22H16Cl2N4O4S2/c23-16-11-12(26-22(30)27-34(31,32)20-6-5-19(24)33-20)1-4-18(16)28-10-8-13-14-7-9-25-17(14)3-2-15(13)21(28)29/h1-6,8,10-11,25H,7,9H2,(H2,26,27,30). The van der Waals surface area contributed by atoms with Gasteiger partial charge in [0, 0.05) is 29.5 Å². The van der Waals surface area contributed by atoms with Crippen LogP contribution in [-0.4, -0.2) is 25.6 Å². The Hall–Kier alpha value is -3.05. The third-order valence-corrected chi connectivity index (χ3v) is 8.75. The maximum atomic E-state index is 13.2. The van der Waals surface area contributed by atoms with E-state index in [1.165, 1.54) is 28.8 Å². The van der Waals surface area contributed by atoms with E-state index in [1.54, 1.807) is 18.3 Å². The number of rotatable bonds is 4. The molecule has 3 heterocycles. The van der Waals surface area contributed by atoms with Gasteiger partial charge in [0.25, 0.3) is 15.6 Å². The van der Waals surface area contributed by atoms with Gasteiger partial charge in [-0.05, 0) is 65.9 Å². The first-order valence-corrected chi connectivity index (χ1v) is 13.1. The van der Waals surface area contributed by atoms with Crippen molar-refractivity contribution in [3.8, 4) is 5.69 Å². The highest BCUT2D eigenvalue weighted by molar-refractivity contribution is 7.92. The van der Waals surface area contributed by atoms with E-state index in [0.29, 0.717) is 11.1 Å². The average molecular weight is 535 g/mol. The summed E-state index contributed by atoms with van der Waals surface area (Å²) in [6, 6.07) is 11.9. The topological polar surface area (TPSA) is 109 Å². The Balaban J connectivity index is 1.39. The number of benzene rings is 2. The van der Waals surface area contributed by atoms with E-state index < -0.39 is 16.1 Å². The van der Waals surface area contributed by atoms with Crippen LogP contribution in [0, 0.1) is 0 Å². The van der Waals surface area contributed by atoms with Crippen LogP contribution in [0.3, 0.4) is 0 Å². The van der Waals surface area contributed by atoms with Crippen LogP contribution in [0.1, 0.15) is 5.56 Å². The van der Waals surface area contributed by atoms with Gasteiger partial charge in [0.05, 0.1) is 15.0 Å². The smallest absolute Gasteiger partial charge is 0.333 e. The number of anilines is 2. The van der Waals surface area contributed by atoms with Gasteiger partial charge in [-0.25, -0.2) is 17.9 Å². The van der Waals surface area contributed by atoms with E-state index in [1.807, 2.05) is 16.9 Å². The molecule has 0 radical (unpaired) electrons. The van der Waals surface area contributed by atoms with Crippen molar-refractivity contribution in [3.63, 3.8) is 0 Å². The second kappa shape index (κ2) is 8.62. The number of amides is 2. The number of halogens is 2. The molecule has 174 valence electrons. The van der Waals surface area contributed by atoms with Crippen molar-refractivity contribution in [2.75, 3.05) is 17.2 Å². The SMILES string of the molecule is O=C(Nc1ccc(-n2ccc3c4c(ccc3c2=O)NCC4)c(Cl)c1)NS(=O)(=O)c1ccc(Cl)s1. The molecule has 0 spiro atoms. The molecule has 5 rings (SSSR count). The van der Waals surface area contributed by atoms with E-state index in [-0.39, 0.29) is 24.8 Å². The zero-order chi connectivity index (χ0) is 24.0. The molecule has 1 aliphatic heterocycles. The summed E-state index contributed by atoms with van der Waals surface area (Å²) in [6.07, 6.45) is 2.53. The molecule has 0 bridgehead atoms. The molecule has 2 amide bonds. The fraction of sp³-hybridized carbons (Fsp3) is 0.0909. The van der Waals surface area contributed by atoms with Crippen LogP contribution in [0.25, 0.3) is 16.5 Å². The Morgan fingerprint density at radius 2 is 1.88 bits per heavy atom. The minimum absolute atomic E-state index is 0.0851. The minimum atomic E-state index is -4.06. The first kappa shape index (κ1) is 22.7. The third-order valence-electron chi connectivity index (χ3n) is 5.39. The molecule has 4 aromatic rings. The highest BCUT2D eigenvalue weighted by Crippen LogP contribution is 2.30. The maximum Gasteiger partial charge on any atom is 0.333 e. The van der Waals surface area contributed by atoms with Crippen LogP contribution in [0.4, 0.5) is 16.2 Å². The molecule has 0 saturated heterocycles. The van der Waals surface area contributed by atoms with Gasteiger partial charge in [-0.3, -0.25) is 9.36 Å². The molecule has 1 aliphatic rings. The molecule has 0 aliphatic carbocycles. The predicted octanol–water partition coefficient (Wildman–Crippen LogP) is 4.84. The van der Waals surface area contributed by atoms with Gasteiger partial charge < -0.3 is 10.6 Å². The highest BCUT2D eigenvalue weighted by Gasteiger charge is 2.20. The second-order valence-electron chi connectivity index (χ2n) is 7.50. The van der Waals surface area contributed by atoms with E-state index in [9.17, 15) is 18.0 Å². The molecule has 2 aromatic heterocycles. The third kappa shape index (κ3) is 4.14. The summed E-state index contributed by atoms with van der Waals surface area (Å²) >= 11 is 13.0. The molecule has 12 heteroatoms. The maximum absolute atomic E-state index is 13.2. The number of carbonyl (C=O) groups is 1. The molecule has 0 atom stereocenters. The number of carbonyl (C=O) groups excluding carboxylic acids is 1. The fourth-order valence-electron chi connectivity index (χ4n) is 3.89. The summed E-state index contributed by atoms with van der Waals surface area (Å²) in [7, 11) is -4.06. The lowest BCUT2D eigenvalue weighted by molar-refractivity contribution is 0.256. The molecular formula is C22H16Cl2N4O4S2. The number of fused-ring (bicyclic) bond motifs is 3. The van der Waals surface area contributed by atoms with Crippen molar-refractivity contribution >= 4 is 72.7 Å². The van der Waals surface area contributed by atoms with Crippen molar-refractivity contribution in [2.45, 2.75) is 10.6 Å². The quantitative estimate of drug-likeness (QED) is 0.347. The van der Waals surface area contributed by atoms with Crippen LogP contribution in [0.5, 0.6) is 0 Å². The fourth-order valence-corrected chi connectivity index (χ4v) is 6.55. The number of nitrogens with zero attached hydrogens (tertiary/aromatic N) is 1. The molecule has 0 saturated carbocycles. The van der Waals surface area contributed by atoms with Crippen LogP contribution in [0.15, 0.2) is 63.7 Å². The summed E-state index contributed by atoms with van der Waals surface area (Å²) in [5.41, 5.74) is 2.63. The van der Waals surface area contributed by atoms with Crippen molar-refractivity contribution < 1.29 is 13.2 Å². The molecule has 0 unspecified atom stereocenters. The molecule has 8 nitrogen and oxygen atoms in total. The largest absolute Gasteiger partial charge is 0.384 e. The Kier molecular flexibility index (Phi) is 5.76. The second-order valence-corrected chi connectivity index (χ2v) is 11.5. The number of urea groups is 1. The summed E-state index contributed by atoms with van der Waals surface area (Å²) < 4.78 is 28.1. The number of hydrogen-bond donors (Lipinski definition) is 3. The van der Waals surface area contributed by atoms with Crippen molar-refractivity contribution in [1.29, 1.82) is 0 Å². The van der Waals surface area contributed by atoms with E-state index >= 15 is 0 Å². The number of hydrogen-bond acceptors (Lipinski definition) is 6. The average Bonchev–Trinajstić information content (AvgIpc) is 3.43. The number of aromatic nitrogens is 1. The summed E-state index contributed by atoms with van der Waals surface area (Å²) in [4.78, 5) is 25.4. The number of nitrogens with one attached hydrogen (secondary N) is 3. The number of sulfonamides is 1. The molecular weight excluding hydrogens is 519 g/mol. The van der Waals surface area contributed by atoms with Gasteiger partial charge in [-0.2, -0.15) is 0 Å². The van der Waals surface area contributed by atoms with Gasteiger partial charge in [-0.15, -0.1) is 11.3 Å². The summed E-state index contributed by atoms with van der Waals surface area (Å²) in [5, 5.41) is 7.42. The van der Waals surface area contributed by atoms with Crippen LogP contribution < -0.4 is 20.9 Å². The Morgan fingerprint density at radius 3 is 2.62 bits per heavy atom. The van der Waals surface area contributed by atoms with Crippen LogP contribution >= 0.6 is 34.5 Å². The lowest BCUT2D eigenvalue weighted by Crippen LogP contribution is -2.33. The van der Waals surface area contributed by atoms with Gasteiger partial charge in [0.2, 0.25) is 0 Å². The molecule has 0 fully saturated rings. The van der Waals surface area contributed by atoms with Crippen LogP contribution in [0.2, 0.25) is 9.36 Å². The highest BCUT2D eigenvalue weighted by atomic mass is 35.5. The van der Waals surface area contributed by atoms with Crippen molar-refractivity contribution in [1.82, 2.24) is 9.29 Å². The Labute approximate surface area is 208 Å². The van der Waals surface area contributed by atoms with Crippen molar-refractivity contribution in [2.24, 2.45) is 0 Å². The lowest BCUT2D eigenvalue weighted by atomic mass is 10.0. The van der Waals surface area contributed by atoms with Gasteiger partial charge in [0.15, 0.2) is 0 Å². The molecule has 3 N–H and O–H groups in total. The Bertz CT molecular complexity index is 1630. The Morgan fingerprint density at radius 1 is 1.06 bits per heavy atom. The van der Waals surface area contributed by atoms with E-state index in [4.69, 9.17) is 23.2 Å². The van der Waals surface area contributed by atoms with Crippen LogP contribution in [-0.2, 0) is 16.4 Å². The normalized spacial score (nSPS) is 12.9. The zero-order valence-corrected chi connectivity index (χ0v) is 20.4. The molecule has 34 heavy (non-hydrogen) atoms. The van der Waals surface area contributed by atoms with Gasteiger partial charge in [-0.1, -0.05) is 23.2 Å². The minimum Gasteiger partial charge on any atom is -0.384 e. The lowest BCUT2D eigenvalue weighted by Gasteiger charge is -2.13. The van der Waals surface area contributed by atoms with Gasteiger partial charge >= 0.3 is 6.03 Å². The predicted molar refractivity (Wildman–Crippen MR) is 135 cm³/mol. The number of pyridine rings is 1. The zero-order valence-electron chi connectivity index (χ0n) is 17.3. The first-order valence-electron chi connectivity index (χ1n) is 10.0. The van der Waals surface area contributed by atoms with Crippen molar-refractivity contribution in [3.05, 3.63) is 80.0 Å².